The molecule has 0 saturated heterocycles. The van der Waals surface area contributed by atoms with Gasteiger partial charge in [0.1, 0.15) is 0 Å². The van der Waals surface area contributed by atoms with E-state index in [0.717, 1.165) is 11.1 Å². The Kier molecular flexibility index (Phi) is 5.65. The molecule has 1 aromatic carbocycles. The van der Waals surface area contributed by atoms with E-state index < -0.39 is 5.97 Å². The SMILES string of the molecule is O=C(O)CCN(Cc1cccnc1)C(=O)Cc1ccccc1. The lowest BCUT2D eigenvalue weighted by molar-refractivity contribution is -0.138. The first-order chi connectivity index (χ1) is 10.6. The van der Waals surface area contributed by atoms with E-state index in [-0.39, 0.29) is 25.3 Å². The zero-order valence-electron chi connectivity index (χ0n) is 12.2. The third-order valence-electron chi connectivity index (χ3n) is 3.24. The molecular formula is C17H18N2O3. The van der Waals surface area contributed by atoms with E-state index in [0.29, 0.717) is 6.54 Å². The lowest BCUT2D eigenvalue weighted by atomic mass is 10.1. The van der Waals surface area contributed by atoms with Gasteiger partial charge in [0.05, 0.1) is 12.8 Å². The minimum atomic E-state index is -0.913. The van der Waals surface area contributed by atoms with Crippen LogP contribution in [0.1, 0.15) is 17.5 Å². The van der Waals surface area contributed by atoms with Crippen LogP contribution in [-0.4, -0.2) is 33.4 Å². The van der Waals surface area contributed by atoms with Crippen LogP contribution in [-0.2, 0) is 22.6 Å². The number of carbonyl (C=O) groups excluding carboxylic acids is 1. The molecule has 1 aromatic heterocycles. The predicted octanol–water partition coefficient (Wildman–Crippen LogP) is 2.13. The van der Waals surface area contributed by atoms with Gasteiger partial charge < -0.3 is 10.0 Å². The summed E-state index contributed by atoms with van der Waals surface area (Å²) in [5.74, 6) is -1.000. The standard InChI is InChI=1S/C17H18N2O3/c20-16(11-14-5-2-1-3-6-14)19(10-8-17(21)22)13-15-7-4-9-18-12-15/h1-7,9,12H,8,10-11,13H2,(H,21,22). The highest BCUT2D eigenvalue weighted by molar-refractivity contribution is 5.79. The fourth-order valence-corrected chi connectivity index (χ4v) is 2.12. The molecule has 1 N–H and O–H groups in total. The van der Waals surface area contributed by atoms with Gasteiger partial charge >= 0.3 is 5.97 Å². The van der Waals surface area contributed by atoms with Crippen molar-refractivity contribution >= 4 is 11.9 Å². The van der Waals surface area contributed by atoms with E-state index in [1.54, 1.807) is 23.4 Å². The highest BCUT2D eigenvalue weighted by Gasteiger charge is 2.15. The summed E-state index contributed by atoms with van der Waals surface area (Å²) in [5, 5.41) is 8.85. The number of nitrogens with zero attached hydrogens (tertiary/aromatic N) is 2. The normalized spacial score (nSPS) is 10.2. The molecule has 0 bridgehead atoms. The Morgan fingerprint density at radius 2 is 1.77 bits per heavy atom. The molecule has 0 unspecified atom stereocenters. The van der Waals surface area contributed by atoms with Gasteiger partial charge in [0.15, 0.2) is 0 Å². The van der Waals surface area contributed by atoms with Crippen LogP contribution in [0, 0.1) is 0 Å². The molecule has 2 aromatic rings. The number of rotatable bonds is 7. The number of aromatic nitrogens is 1. The van der Waals surface area contributed by atoms with Crippen LogP contribution in [0.3, 0.4) is 0 Å². The van der Waals surface area contributed by atoms with Gasteiger partial charge in [-0.2, -0.15) is 0 Å². The molecule has 2 rings (SSSR count). The lowest BCUT2D eigenvalue weighted by Gasteiger charge is -2.22. The number of benzene rings is 1. The molecule has 0 atom stereocenters. The van der Waals surface area contributed by atoms with Crippen molar-refractivity contribution in [2.45, 2.75) is 19.4 Å². The third kappa shape index (κ3) is 5.01. The van der Waals surface area contributed by atoms with Gasteiger partial charge in [-0.3, -0.25) is 14.6 Å². The van der Waals surface area contributed by atoms with Crippen molar-refractivity contribution < 1.29 is 14.7 Å². The molecule has 1 heterocycles. The average molecular weight is 298 g/mol. The molecule has 0 aliphatic carbocycles. The Hall–Kier alpha value is -2.69. The molecular weight excluding hydrogens is 280 g/mol. The molecule has 0 aliphatic heterocycles. The molecule has 114 valence electrons. The van der Waals surface area contributed by atoms with Crippen LogP contribution in [0.4, 0.5) is 0 Å². The van der Waals surface area contributed by atoms with Gasteiger partial charge in [-0.25, -0.2) is 0 Å². The van der Waals surface area contributed by atoms with E-state index >= 15 is 0 Å². The van der Waals surface area contributed by atoms with Crippen molar-refractivity contribution in [2.75, 3.05) is 6.54 Å². The van der Waals surface area contributed by atoms with Crippen molar-refractivity contribution in [2.24, 2.45) is 0 Å². The number of carbonyl (C=O) groups is 2. The zero-order valence-corrected chi connectivity index (χ0v) is 12.2. The number of hydrogen-bond acceptors (Lipinski definition) is 3. The monoisotopic (exact) mass is 298 g/mol. The Morgan fingerprint density at radius 1 is 1.05 bits per heavy atom. The summed E-state index contributed by atoms with van der Waals surface area (Å²) in [6, 6.07) is 13.1. The molecule has 0 aliphatic rings. The van der Waals surface area contributed by atoms with E-state index in [4.69, 9.17) is 5.11 Å². The van der Waals surface area contributed by atoms with Crippen LogP contribution >= 0.6 is 0 Å². The van der Waals surface area contributed by atoms with E-state index in [1.807, 2.05) is 36.4 Å². The van der Waals surface area contributed by atoms with Gasteiger partial charge in [0.2, 0.25) is 5.91 Å². The van der Waals surface area contributed by atoms with Crippen LogP contribution in [0.2, 0.25) is 0 Å². The van der Waals surface area contributed by atoms with E-state index in [1.165, 1.54) is 0 Å². The Bertz CT molecular complexity index is 614. The Labute approximate surface area is 129 Å². The lowest BCUT2D eigenvalue weighted by Crippen LogP contribution is -2.33. The second kappa shape index (κ2) is 7.93. The molecule has 0 radical (unpaired) electrons. The summed E-state index contributed by atoms with van der Waals surface area (Å²) < 4.78 is 0. The van der Waals surface area contributed by atoms with Crippen molar-refractivity contribution in [3.8, 4) is 0 Å². The van der Waals surface area contributed by atoms with Gasteiger partial charge in [-0.1, -0.05) is 36.4 Å². The van der Waals surface area contributed by atoms with Crippen molar-refractivity contribution in [1.82, 2.24) is 9.88 Å². The highest BCUT2D eigenvalue weighted by atomic mass is 16.4. The number of amides is 1. The van der Waals surface area contributed by atoms with Crippen molar-refractivity contribution in [3.05, 3.63) is 66.0 Å². The number of pyridine rings is 1. The molecule has 22 heavy (non-hydrogen) atoms. The average Bonchev–Trinajstić information content (AvgIpc) is 2.53. The van der Waals surface area contributed by atoms with Crippen LogP contribution in [0.5, 0.6) is 0 Å². The fourth-order valence-electron chi connectivity index (χ4n) is 2.12. The fraction of sp³-hybridized carbons (Fsp3) is 0.235. The van der Waals surface area contributed by atoms with E-state index in [9.17, 15) is 9.59 Å². The number of aliphatic carboxylic acids is 1. The maximum Gasteiger partial charge on any atom is 0.305 e. The maximum absolute atomic E-state index is 12.4. The second-order valence-corrected chi connectivity index (χ2v) is 4.98. The molecule has 0 spiro atoms. The number of hydrogen-bond donors (Lipinski definition) is 1. The maximum atomic E-state index is 12.4. The summed E-state index contributed by atoms with van der Waals surface area (Å²) in [4.78, 5) is 28.8. The Morgan fingerprint density at radius 3 is 2.41 bits per heavy atom. The molecule has 5 nitrogen and oxygen atoms in total. The second-order valence-electron chi connectivity index (χ2n) is 4.98. The van der Waals surface area contributed by atoms with Gasteiger partial charge in [0.25, 0.3) is 0 Å². The number of carboxylic acid groups (broad SMARTS) is 1. The minimum Gasteiger partial charge on any atom is -0.481 e. The van der Waals surface area contributed by atoms with Crippen molar-refractivity contribution in [1.29, 1.82) is 0 Å². The zero-order chi connectivity index (χ0) is 15.8. The first-order valence-corrected chi connectivity index (χ1v) is 7.07. The Balaban J connectivity index is 2.05. The summed E-state index contributed by atoms with van der Waals surface area (Å²) in [5.41, 5.74) is 1.80. The first-order valence-electron chi connectivity index (χ1n) is 7.07. The quantitative estimate of drug-likeness (QED) is 0.850. The summed E-state index contributed by atoms with van der Waals surface area (Å²) >= 11 is 0. The topological polar surface area (TPSA) is 70.5 Å². The summed E-state index contributed by atoms with van der Waals surface area (Å²) in [6.07, 6.45) is 3.54. The van der Waals surface area contributed by atoms with Crippen LogP contribution < -0.4 is 0 Å². The molecule has 0 saturated carbocycles. The predicted molar refractivity (Wildman–Crippen MR) is 82.1 cm³/mol. The van der Waals surface area contributed by atoms with E-state index in [2.05, 4.69) is 4.98 Å². The van der Waals surface area contributed by atoms with Crippen molar-refractivity contribution in [3.63, 3.8) is 0 Å². The number of carboxylic acids is 1. The third-order valence-corrected chi connectivity index (χ3v) is 3.24. The summed E-state index contributed by atoms with van der Waals surface area (Å²) in [7, 11) is 0. The molecule has 1 amide bonds. The summed E-state index contributed by atoms with van der Waals surface area (Å²) in [6.45, 7) is 0.558. The smallest absolute Gasteiger partial charge is 0.305 e. The molecule has 0 fully saturated rings. The van der Waals surface area contributed by atoms with Gasteiger partial charge in [0, 0.05) is 25.5 Å². The largest absolute Gasteiger partial charge is 0.481 e. The van der Waals surface area contributed by atoms with Gasteiger partial charge in [-0.05, 0) is 17.2 Å². The van der Waals surface area contributed by atoms with Gasteiger partial charge in [-0.15, -0.1) is 0 Å². The minimum absolute atomic E-state index is 0.0687. The molecule has 5 heteroatoms. The van der Waals surface area contributed by atoms with Crippen LogP contribution in [0.25, 0.3) is 0 Å². The van der Waals surface area contributed by atoms with Crippen LogP contribution in [0.15, 0.2) is 54.9 Å². The first kappa shape index (κ1) is 15.7. The highest BCUT2D eigenvalue weighted by Crippen LogP contribution is 2.08.